The van der Waals surface area contributed by atoms with Crippen LogP contribution in [0.25, 0.3) is 6.08 Å². The number of carbonyl (C=O) groups excluding carboxylic acids is 1. The van der Waals surface area contributed by atoms with Crippen molar-refractivity contribution in [3.8, 4) is 11.5 Å². The molecule has 0 unspecified atom stereocenters. The summed E-state index contributed by atoms with van der Waals surface area (Å²) in [4.78, 5) is 19.6. The van der Waals surface area contributed by atoms with Gasteiger partial charge in [0.25, 0.3) is 5.91 Å². The number of ether oxygens (including phenoxy) is 2. The highest BCUT2D eigenvalue weighted by atomic mass is 35.5. The van der Waals surface area contributed by atoms with Crippen LogP contribution in [0.3, 0.4) is 0 Å². The molecule has 5 nitrogen and oxygen atoms in total. The van der Waals surface area contributed by atoms with Gasteiger partial charge in [0.1, 0.15) is 17.2 Å². The normalized spacial score (nSPS) is 14.5. The van der Waals surface area contributed by atoms with E-state index >= 15 is 0 Å². The number of anilines is 1. The molecule has 0 N–H and O–H groups in total. The molecule has 0 spiro atoms. The molecule has 0 aliphatic carbocycles. The second-order valence-corrected chi connectivity index (χ2v) is 8.72. The van der Waals surface area contributed by atoms with Crippen LogP contribution < -0.4 is 14.4 Å². The Labute approximate surface area is 202 Å². The van der Waals surface area contributed by atoms with Crippen LogP contribution in [0.15, 0.2) is 83.5 Å². The van der Waals surface area contributed by atoms with Crippen LogP contribution in [0.5, 0.6) is 11.5 Å². The van der Waals surface area contributed by atoms with Gasteiger partial charge >= 0.3 is 0 Å². The second-order valence-electron chi connectivity index (χ2n) is 7.25. The van der Waals surface area contributed by atoms with E-state index in [1.807, 2.05) is 67.6 Å². The molecule has 1 aliphatic heterocycles. The molecule has 0 fully saturated rings. The number of thioether (sulfide) groups is 1. The minimum atomic E-state index is -0.203. The lowest BCUT2D eigenvalue weighted by Crippen LogP contribution is -2.30. The maximum atomic E-state index is 13.4. The Kier molecular flexibility index (Phi) is 7.37. The van der Waals surface area contributed by atoms with Gasteiger partial charge in [0, 0.05) is 5.75 Å². The molecule has 0 saturated heterocycles. The van der Waals surface area contributed by atoms with E-state index in [9.17, 15) is 4.79 Å². The van der Waals surface area contributed by atoms with E-state index in [1.54, 1.807) is 30.2 Å². The largest absolute Gasteiger partial charge is 0.495 e. The molecular weight excluding hydrogens is 456 g/mol. The standard InChI is InChI=1S/C26H23ClN2O3S/c1-18-8-6-7-9-19(18)16-23-25(30)29(20-12-13-24(31-2)22(27)17-20)26(28-23)33-15-14-32-21-10-4-3-5-11-21/h3-13,16-17H,14-15H2,1-2H3. The van der Waals surface area contributed by atoms with Crippen LogP contribution in [-0.2, 0) is 4.79 Å². The summed E-state index contributed by atoms with van der Waals surface area (Å²) in [5, 5.41) is 1.01. The van der Waals surface area contributed by atoms with E-state index in [0.717, 1.165) is 16.9 Å². The van der Waals surface area contributed by atoms with Crippen LogP contribution >= 0.6 is 23.4 Å². The Morgan fingerprint density at radius 3 is 2.55 bits per heavy atom. The maximum absolute atomic E-state index is 13.4. The van der Waals surface area contributed by atoms with Crippen molar-refractivity contribution in [1.82, 2.24) is 0 Å². The van der Waals surface area contributed by atoms with Gasteiger partial charge in [-0.1, -0.05) is 65.8 Å². The monoisotopic (exact) mass is 478 g/mol. The fraction of sp³-hybridized carbons (Fsp3) is 0.154. The van der Waals surface area contributed by atoms with E-state index in [4.69, 9.17) is 21.1 Å². The number of para-hydroxylation sites is 1. The lowest BCUT2D eigenvalue weighted by molar-refractivity contribution is -0.113. The van der Waals surface area contributed by atoms with Gasteiger partial charge in [0.15, 0.2) is 5.17 Å². The smallest absolute Gasteiger partial charge is 0.283 e. The zero-order chi connectivity index (χ0) is 23.2. The molecule has 3 aromatic carbocycles. The van der Waals surface area contributed by atoms with Gasteiger partial charge in [0.05, 0.1) is 24.4 Å². The molecule has 0 bridgehead atoms. The zero-order valence-electron chi connectivity index (χ0n) is 18.3. The van der Waals surface area contributed by atoms with Crippen molar-refractivity contribution in [1.29, 1.82) is 0 Å². The SMILES string of the molecule is COc1ccc(N2C(=O)C(=Cc3ccccc3C)N=C2SCCOc2ccccc2)cc1Cl. The van der Waals surface area contributed by atoms with Crippen molar-refractivity contribution in [3.63, 3.8) is 0 Å². The van der Waals surface area contributed by atoms with Crippen molar-refractivity contribution in [2.24, 2.45) is 4.99 Å². The summed E-state index contributed by atoms with van der Waals surface area (Å²) in [7, 11) is 1.56. The second kappa shape index (κ2) is 10.6. The van der Waals surface area contributed by atoms with Crippen LogP contribution in [0.1, 0.15) is 11.1 Å². The highest BCUT2D eigenvalue weighted by Gasteiger charge is 2.32. The van der Waals surface area contributed by atoms with Gasteiger partial charge < -0.3 is 9.47 Å². The highest BCUT2D eigenvalue weighted by Crippen LogP contribution is 2.34. The first-order valence-electron chi connectivity index (χ1n) is 10.4. The molecule has 3 aromatic rings. The molecule has 1 heterocycles. The van der Waals surface area contributed by atoms with E-state index < -0.39 is 0 Å². The number of carbonyl (C=O) groups is 1. The third-order valence-corrected chi connectivity index (χ3v) is 6.23. The number of hydrogen-bond acceptors (Lipinski definition) is 5. The van der Waals surface area contributed by atoms with Crippen molar-refractivity contribution in [3.05, 3.63) is 94.6 Å². The summed E-state index contributed by atoms with van der Waals surface area (Å²) in [5.41, 5.74) is 3.04. The lowest BCUT2D eigenvalue weighted by Gasteiger charge is -2.19. The van der Waals surface area contributed by atoms with E-state index in [2.05, 4.69) is 4.99 Å². The number of halogens is 1. The Balaban J connectivity index is 1.58. The summed E-state index contributed by atoms with van der Waals surface area (Å²) < 4.78 is 11.0. The summed E-state index contributed by atoms with van der Waals surface area (Å²) >= 11 is 7.80. The van der Waals surface area contributed by atoms with Crippen molar-refractivity contribution >= 4 is 46.2 Å². The predicted octanol–water partition coefficient (Wildman–Crippen LogP) is 6.21. The van der Waals surface area contributed by atoms with Gasteiger partial charge in [0.2, 0.25) is 0 Å². The van der Waals surface area contributed by atoms with Gasteiger partial charge in [-0.3, -0.25) is 9.69 Å². The minimum Gasteiger partial charge on any atom is -0.495 e. The van der Waals surface area contributed by atoms with Gasteiger partial charge in [-0.15, -0.1) is 0 Å². The Morgan fingerprint density at radius 2 is 1.82 bits per heavy atom. The lowest BCUT2D eigenvalue weighted by atomic mass is 10.1. The van der Waals surface area contributed by atoms with E-state index in [0.29, 0.717) is 39.7 Å². The zero-order valence-corrected chi connectivity index (χ0v) is 19.9. The van der Waals surface area contributed by atoms with E-state index in [-0.39, 0.29) is 5.91 Å². The molecule has 1 amide bonds. The number of aliphatic imine (C=N–C) groups is 1. The molecule has 1 aliphatic rings. The van der Waals surface area contributed by atoms with Crippen molar-refractivity contribution in [2.45, 2.75) is 6.92 Å². The number of rotatable bonds is 7. The van der Waals surface area contributed by atoms with Crippen LogP contribution in [0.4, 0.5) is 5.69 Å². The molecule has 0 aromatic heterocycles. The molecule has 33 heavy (non-hydrogen) atoms. The molecule has 7 heteroatoms. The Bertz CT molecular complexity index is 1210. The van der Waals surface area contributed by atoms with Gasteiger partial charge in [-0.25, -0.2) is 4.99 Å². The first-order valence-corrected chi connectivity index (χ1v) is 11.8. The Hall–Kier alpha value is -3.22. The quantitative estimate of drug-likeness (QED) is 0.299. The van der Waals surface area contributed by atoms with E-state index in [1.165, 1.54) is 11.8 Å². The first kappa shape index (κ1) is 23.0. The average Bonchev–Trinajstić information content (AvgIpc) is 3.13. The summed E-state index contributed by atoms with van der Waals surface area (Å²) in [6, 6.07) is 22.8. The number of benzene rings is 3. The summed E-state index contributed by atoms with van der Waals surface area (Å²) in [5.74, 6) is 1.77. The van der Waals surface area contributed by atoms with Crippen LogP contribution in [-0.4, -0.2) is 30.5 Å². The average molecular weight is 479 g/mol. The number of amidine groups is 1. The number of aryl methyl sites for hydroxylation is 1. The third-order valence-electron chi connectivity index (χ3n) is 5.03. The fourth-order valence-electron chi connectivity index (χ4n) is 3.32. The summed E-state index contributed by atoms with van der Waals surface area (Å²) in [6.45, 7) is 2.49. The molecule has 4 rings (SSSR count). The number of amides is 1. The fourth-order valence-corrected chi connectivity index (χ4v) is 4.40. The molecule has 0 saturated carbocycles. The Morgan fingerprint density at radius 1 is 1.06 bits per heavy atom. The van der Waals surface area contributed by atoms with Crippen LogP contribution in [0, 0.1) is 6.92 Å². The first-order chi connectivity index (χ1) is 16.1. The predicted molar refractivity (Wildman–Crippen MR) is 136 cm³/mol. The molecule has 0 radical (unpaired) electrons. The van der Waals surface area contributed by atoms with Crippen molar-refractivity contribution < 1.29 is 14.3 Å². The minimum absolute atomic E-state index is 0.203. The molecule has 168 valence electrons. The highest BCUT2D eigenvalue weighted by molar-refractivity contribution is 8.14. The summed E-state index contributed by atoms with van der Waals surface area (Å²) in [6.07, 6.45) is 1.82. The maximum Gasteiger partial charge on any atom is 0.283 e. The van der Waals surface area contributed by atoms with Crippen molar-refractivity contribution in [2.75, 3.05) is 24.4 Å². The van der Waals surface area contributed by atoms with Gasteiger partial charge in [-0.2, -0.15) is 0 Å². The number of methoxy groups -OCH3 is 1. The van der Waals surface area contributed by atoms with Gasteiger partial charge in [-0.05, 0) is 54.5 Å². The topological polar surface area (TPSA) is 51.1 Å². The number of hydrogen-bond donors (Lipinski definition) is 0. The molecular formula is C26H23ClN2O3S. The third kappa shape index (κ3) is 5.41. The van der Waals surface area contributed by atoms with Crippen LogP contribution in [0.2, 0.25) is 5.02 Å². The number of nitrogens with zero attached hydrogens (tertiary/aromatic N) is 2. The molecule has 0 atom stereocenters.